The average Bonchev–Trinajstić information content (AvgIpc) is 3.78. The fourth-order valence-corrected chi connectivity index (χ4v) is 7.57. The van der Waals surface area contributed by atoms with Crippen LogP contribution in [0.2, 0.25) is 0 Å². The summed E-state index contributed by atoms with van der Waals surface area (Å²) in [6, 6.07) is 39.1. The predicted molar refractivity (Wildman–Crippen MR) is 182 cm³/mol. The Morgan fingerprint density at radius 1 is 0.773 bits per heavy atom. The molecule has 0 amide bonds. The minimum absolute atomic E-state index is 0. The third-order valence-corrected chi connectivity index (χ3v) is 9.60. The zero-order chi connectivity index (χ0) is 33.9. The SMILES string of the molecule is [2H]C([2H])([2H])c1c[c-]c(-c2ccc(C([2H])([2H])[2H])cn2)cc1.[Ir].[c-]1ccc2c(oc3cc4ccccc4cc32)c1-c1nc2sc3ccccc3c2s1. The number of benzene rings is 5. The number of pyridine rings is 1. The monoisotopic (exact) mass is 787 g/mol. The Morgan fingerprint density at radius 2 is 1.59 bits per heavy atom. The van der Waals surface area contributed by atoms with Gasteiger partial charge in [0.1, 0.15) is 10.4 Å². The van der Waals surface area contributed by atoms with Crippen molar-refractivity contribution in [2.75, 3.05) is 0 Å². The Bertz CT molecular complexity index is 2590. The first kappa shape index (κ1) is 22.3. The molecule has 0 spiro atoms. The van der Waals surface area contributed by atoms with Gasteiger partial charge in [0.25, 0.3) is 0 Å². The summed E-state index contributed by atoms with van der Waals surface area (Å²) < 4.78 is 52.5. The maximum Gasteiger partial charge on any atom is 0.124 e. The third-order valence-electron chi connectivity index (χ3n) is 7.30. The summed E-state index contributed by atoms with van der Waals surface area (Å²) in [5.74, 6) is 0. The van der Waals surface area contributed by atoms with Gasteiger partial charge in [0.05, 0.1) is 10.3 Å². The van der Waals surface area contributed by atoms with Crippen LogP contribution in [0, 0.1) is 25.8 Å². The molecule has 0 atom stereocenters. The fraction of sp³-hybridized carbons (Fsp3) is 0.0526. The molecular weight excluding hydrogens is 757 g/mol. The van der Waals surface area contributed by atoms with Crippen molar-refractivity contribution < 1.29 is 32.7 Å². The van der Waals surface area contributed by atoms with E-state index in [4.69, 9.17) is 17.6 Å². The molecule has 9 aromatic rings. The molecule has 4 aromatic heterocycles. The van der Waals surface area contributed by atoms with E-state index in [0.29, 0.717) is 11.3 Å². The van der Waals surface area contributed by atoms with Gasteiger partial charge in [-0.3, -0.25) is 4.98 Å². The van der Waals surface area contributed by atoms with Gasteiger partial charge in [-0.2, -0.15) is 11.3 Å². The van der Waals surface area contributed by atoms with Gasteiger partial charge in [-0.15, -0.1) is 64.9 Å². The number of aryl methyl sites for hydroxylation is 2. The van der Waals surface area contributed by atoms with Crippen molar-refractivity contribution >= 4 is 75.0 Å². The first-order valence-electron chi connectivity index (χ1n) is 16.6. The van der Waals surface area contributed by atoms with Crippen LogP contribution in [0.25, 0.3) is 74.2 Å². The van der Waals surface area contributed by atoms with E-state index in [0.717, 1.165) is 37.3 Å². The zero-order valence-electron chi connectivity index (χ0n) is 28.8. The van der Waals surface area contributed by atoms with Crippen LogP contribution in [0.3, 0.4) is 0 Å². The molecule has 0 saturated carbocycles. The maximum atomic E-state index is 7.28. The third kappa shape index (κ3) is 5.14. The van der Waals surface area contributed by atoms with Crippen molar-refractivity contribution in [1.82, 2.24) is 9.97 Å². The van der Waals surface area contributed by atoms with Crippen molar-refractivity contribution in [2.24, 2.45) is 0 Å². The molecular formula is C38H24IrN2OS2-2. The molecule has 9 rings (SSSR count). The molecule has 1 radical (unpaired) electrons. The minimum atomic E-state index is -2.18. The van der Waals surface area contributed by atoms with Crippen molar-refractivity contribution in [1.29, 1.82) is 0 Å². The summed E-state index contributed by atoms with van der Waals surface area (Å²) in [7, 11) is 0. The van der Waals surface area contributed by atoms with Gasteiger partial charge >= 0.3 is 0 Å². The molecule has 5 aromatic carbocycles. The van der Waals surface area contributed by atoms with E-state index < -0.39 is 13.7 Å². The summed E-state index contributed by atoms with van der Waals surface area (Å²) in [4.78, 5) is 10.1. The Hall–Kier alpha value is -4.19. The topological polar surface area (TPSA) is 38.9 Å². The van der Waals surface area contributed by atoms with E-state index in [1.807, 2.05) is 6.07 Å². The number of hydrogen-bond donors (Lipinski definition) is 0. The van der Waals surface area contributed by atoms with Crippen LogP contribution in [0.4, 0.5) is 0 Å². The smallest absolute Gasteiger partial charge is 0.124 e. The van der Waals surface area contributed by atoms with Crippen LogP contribution in [0.1, 0.15) is 19.4 Å². The van der Waals surface area contributed by atoms with Gasteiger partial charge in [0.15, 0.2) is 0 Å². The molecule has 0 aliphatic carbocycles. The molecule has 6 heteroatoms. The van der Waals surface area contributed by atoms with Crippen LogP contribution >= 0.6 is 22.7 Å². The molecule has 0 bridgehead atoms. The van der Waals surface area contributed by atoms with Crippen LogP contribution in [0.5, 0.6) is 0 Å². The summed E-state index contributed by atoms with van der Waals surface area (Å²) in [5, 5.41) is 6.90. The Balaban J connectivity index is 0.000000166. The normalized spacial score (nSPS) is 13.8. The van der Waals surface area contributed by atoms with Crippen LogP contribution in [-0.2, 0) is 20.1 Å². The number of rotatable bonds is 2. The molecule has 3 nitrogen and oxygen atoms in total. The van der Waals surface area contributed by atoms with Gasteiger partial charge in [-0.1, -0.05) is 72.4 Å². The second-order valence-corrected chi connectivity index (χ2v) is 12.1. The summed E-state index contributed by atoms with van der Waals surface area (Å²) >= 11 is 3.47. The number of aromatic nitrogens is 2. The Morgan fingerprint density at radius 3 is 2.39 bits per heavy atom. The second kappa shape index (κ2) is 11.7. The van der Waals surface area contributed by atoms with Gasteiger partial charge < -0.3 is 9.40 Å². The number of thiophene rings is 1. The maximum absolute atomic E-state index is 7.28. The molecule has 0 aliphatic rings. The first-order valence-corrected chi connectivity index (χ1v) is 15.2. The predicted octanol–water partition coefficient (Wildman–Crippen LogP) is 11.2. The molecule has 44 heavy (non-hydrogen) atoms. The molecule has 4 heterocycles. The molecule has 0 aliphatic heterocycles. The van der Waals surface area contributed by atoms with Crippen molar-refractivity contribution in [3.8, 4) is 21.8 Å². The number of fused-ring (bicyclic) bond motifs is 7. The van der Waals surface area contributed by atoms with Crippen molar-refractivity contribution in [2.45, 2.75) is 13.7 Å². The van der Waals surface area contributed by atoms with E-state index >= 15 is 0 Å². The fourth-order valence-electron chi connectivity index (χ4n) is 5.22. The number of thiazole rings is 1. The first-order chi connectivity index (χ1) is 23.5. The van der Waals surface area contributed by atoms with Crippen molar-refractivity contribution in [3.05, 3.63) is 133 Å². The Labute approximate surface area is 284 Å². The average molecular weight is 787 g/mol. The second-order valence-electron chi connectivity index (χ2n) is 10.1. The van der Waals surface area contributed by atoms with E-state index in [1.165, 1.54) is 50.0 Å². The summed E-state index contributed by atoms with van der Waals surface area (Å²) in [6.45, 7) is -4.34. The molecule has 0 fully saturated rings. The van der Waals surface area contributed by atoms with Gasteiger partial charge in [0, 0.05) is 55.0 Å². The molecule has 0 saturated heterocycles. The largest absolute Gasteiger partial charge is 0.501 e. The summed E-state index contributed by atoms with van der Waals surface area (Å²) in [5.41, 5.74) is 4.26. The number of hydrogen-bond acceptors (Lipinski definition) is 5. The van der Waals surface area contributed by atoms with E-state index in [9.17, 15) is 0 Å². The molecule has 0 N–H and O–H groups in total. The Kier molecular flexibility index (Phi) is 5.95. The number of nitrogens with zero attached hydrogens (tertiary/aromatic N) is 2. The van der Waals surface area contributed by atoms with Crippen LogP contribution in [0.15, 0.2) is 114 Å². The van der Waals surface area contributed by atoms with E-state index in [-0.39, 0.29) is 31.2 Å². The minimum Gasteiger partial charge on any atom is -0.501 e. The van der Waals surface area contributed by atoms with E-state index in [1.54, 1.807) is 34.8 Å². The van der Waals surface area contributed by atoms with Crippen molar-refractivity contribution in [3.63, 3.8) is 0 Å². The quantitative estimate of drug-likeness (QED) is 0.164. The molecule has 215 valence electrons. The summed E-state index contributed by atoms with van der Waals surface area (Å²) in [6.07, 6.45) is 1.30. The van der Waals surface area contributed by atoms with E-state index in [2.05, 4.69) is 83.8 Å². The standard InChI is InChI=1S/C25H12NOS2.C13H12N.Ir/c1-2-7-15-13-20-19(12-14(15)6-1)16-9-5-10-18(22(16)27-20)24-26-25-23(29-24)17-8-3-4-11-21(17)28-25;1-10-3-6-12(7-4-10)13-8-5-11(2)9-14-13;/h1-9,11-13H;3-6,8-9H,1-2H3;/q2*-1;/i;1D3,2D3;. The van der Waals surface area contributed by atoms with Gasteiger partial charge in [0.2, 0.25) is 0 Å². The number of furan rings is 1. The zero-order valence-corrected chi connectivity index (χ0v) is 26.9. The van der Waals surface area contributed by atoms with Gasteiger partial charge in [-0.25, -0.2) is 0 Å². The van der Waals surface area contributed by atoms with Crippen LogP contribution < -0.4 is 0 Å². The molecule has 0 unspecified atom stereocenters. The van der Waals surface area contributed by atoms with Gasteiger partial charge in [-0.05, 0) is 47.1 Å². The van der Waals surface area contributed by atoms with Crippen LogP contribution in [-0.4, -0.2) is 9.97 Å².